The summed E-state index contributed by atoms with van der Waals surface area (Å²) in [6, 6.07) is 12.0. The Morgan fingerprint density at radius 3 is 2.27 bits per heavy atom. The number of phenols is 1. The molecule has 7 nitrogen and oxygen atoms in total. The molecule has 2 N–H and O–H groups in total. The number of carbonyl (C=O) groups is 3. The van der Waals surface area contributed by atoms with Gasteiger partial charge in [-0.1, -0.05) is 12.1 Å². The minimum absolute atomic E-state index is 0.0201. The van der Waals surface area contributed by atoms with Gasteiger partial charge in [-0.05, 0) is 50.2 Å². The lowest BCUT2D eigenvalue weighted by molar-refractivity contribution is -0.119. The molecule has 0 aliphatic heterocycles. The number of phenolic OH excluding ortho intramolecular Hbond substituents is 1. The molecule has 7 heteroatoms. The average Bonchev–Trinajstić information content (AvgIpc) is 2.60. The first-order chi connectivity index (χ1) is 12.4. The summed E-state index contributed by atoms with van der Waals surface area (Å²) in [5.74, 6) is -2.02. The first kappa shape index (κ1) is 19.0. The van der Waals surface area contributed by atoms with Gasteiger partial charge in [0.2, 0.25) is 0 Å². The predicted octanol–water partition coefficient (Wildman–Crippen LogP) is 2.75. The topological polar surface area (TPSA) is 102 Å². The van der Waals surface area contributed by atoms with Crippen LogP contribution in [0.25, 0.3) is 0 Å². The molecule has 0 saturated heterocycles. The summed E-state index contributed by atoms with van der Waals surface area (Å²) in [6.45, 7) is 3.00. The van der Waals surface area contributed by atoms with Crippen LogP contribution in [0.4, 0.5) is 5.69 Å². The van der Waals surface area contributed by atoms with Crippen LogP contribution >= 0.6 is 0 Å². The summed E-state index contributed by atoms with van der Waals surface area (Å²) in [6.07, 6.45) is -0.222. The summed E-state index contributed by atoms with van der Waals surface area (Å²) in [4.78, 5) is 35.4. The zero-order valence-corrected chi connectivity index (χ0v) is 14.4. The molecule has 1 amide bonds. The number of nitrogens with one attached hydrogen (secondary N) is 1. The number of hydrogen-bond acceptors (Lipinski definition) is 6. The van der Waals surface area contributed by atoms with Crippen molar-refractivity contribution in [1.82, 2.24) is 0 Å². The molecule has 2 rings (SSSR count). The summed E-state index contributed by atoms with van der Waals surface area (Å²) < 4.78 is 9.93. The first-order valence-corrected chi connectivity index (χ1v) is 7.93. The third-order valence-corrected chi connectivity index (χ3v) is 3.21. The highest BCUT2D eigenvalue weighted by Gasteiger charge is 2.14. The molecule has 0 spiro atoms. The van der Waals surface area contributed by atoms with Gasteiger partial charge in [-0.3, -0.25) is 4.79 Å². The van der Waals surface area contributed by atoms with Gasteiger partial charge < -0.3 is 19.9 Å². The van der Waals surface area contributed by atoms with Gasteiger partial charge in [0, 0.05) is 5.69 Å². The Bertz CT molecular complexity index is 798. The van der Waals surface area contributed by atoms with E-state index in [0.29, 0.717) is 11.3 Å². The SMILES string of the molecule is CC(C)OC(=O)c1ccc(NC(=O)COC(=O)c2ccccc2O)cc1. The van der Waals surface area contributed by atoms with E-state index < -0.39 is 24.5 Å². The second-order valence-electron chi connectivity index (χ2n) is 5.67. The van der Waals surface area contributed by atoms with E-state index in [9.17, 15) is 19.5 Å². The van der Waals surface area contributed by atoms with Gasteiger partial charge in [0.1, 0.15) is 11.3 Å². The summed E-state index contributed by atoms with van der Waals surface area (Å²) in [5, 5.41) is 12.1. The van der Waals surface area contributed by atoms with Crippen molar-refractivity contribution in [3.63, 3.8) is 0 Å². The fourth-order valence-electron chi connectivity index (χ4n) is 2.02. The Balaban J connectivity index is 1.87. The molecule has 0 saturated carbocycles. The molecule has 0 atom stereocenters. The molecule has 0 bridgehead atoms. The Morgan fingerprint density at radius 2 is 1.65 bits per heavy atom. The minimum Gasteiger partial charge on any atom is -0.507 e. The van der Waals surface area contributed by atoms with Gasteiger partial charge in [-0.25, -0.2) is 9.59 Å². The van der Waals surface area contributed by atoms with E-state index in [4.69, 9.17) is 9.47 Å². The summed E-state index contributed by atoms with van der Waals surface area (Å²) in [7, 11) is 0. The van der Waals surface area contributed by atoms with Crippen molar-refractivity contribution < 1.29 is 29.0 Å². The molecule has 2 aromatic rings. The Labute approximate surface area is 150 Å². The number of para-hydroxylation sites is 1. The van der Waals surface area contributed by atoms with E-state index >= 15 is 0 Å². The van der Waals surface area contributed by atoms with Crippen molar-refractivity contribution in [3.05, 3.63) is 59.7 Å². The summed E-state index contributed by atoms with van der Waals surface area (Å²) >= 11 is 0. The molecule has 0 fully saturated rings. The number of esters is 2. The number of aromatic hydroxyl groups is 1. The highest BCUT2D eigenvalue weighted by molar-refractivity contribution is 5.97. The molecule has 0 aliphatic carbocycles. The number of hydrogen-bond donors (Lipinski definition) is 2. The Kier molecular flexibility index (Phi) is 6.32. The van der Waals surface area contributed by atoms with E-state index in [0.717, 1.165) is 0 Å². The van der Waals surface area contributed by atoms with Gasteiger partial charge >= 0.3 is 11.9 Å². The smallest absolute Gasteiger partial charge is 0.342 e. The van der Waals surface area contributed by atoms with Gasteiger partial charge in [0.25, 0.3) is 5.91 Å². The number of amides is 1. The lowest BCUT2D eigenvalue weighted by Gasteiger charge is -2.09. The van der Waals surface area contributed by atoms with Crippen LogP contribution in [0.3, 0.4) is 0 Å². The van der Waals surface area contributed by atoms with Crippen molar-refractivity contribution in [1.29, 1.82) is 0 Å². The van der Waals surface area contributed by atoms with Gasteiger partial charge in [0.15, 0.2) is 6.61 Å². The highest BCUT2D eigenvalue weighted by Crippen LogP contribution is 2.16. The number of carbonyl (C=O) groups excluding carboxylic acids is 3. The molecule has 136 valence electrons. The van der Waals surface area contributed by atoms with Crippen LogP contribution in [0.1, 0.15) is 34.6 Å². The van der Waals surface area contributed by atoms with Crippen molar-refractivity contribution in [2.45, 2.75) is 20.0 Å². The van der Waals surface area contributed by atoms with Gasteiger partial charge in [-0.15, -0.1) is 0 Å². The van der Waals surface area contributed by atoms with Crippen molar-refractivity contribution in [2.24, 2.45) is 0 Å². The normalized spacial score (nSPS) is 10.3. The summed E-state index contributed by atoms with van der Waals surface area (Å²) in [5.41, 5.74) is 0.783. The second-order valence-corrected chi connectivity index (χ2v) is 5.67. The molecule has 2 aromatic carbocycles. The number of benzene rings is 2. The van der Waals surface area contributed by atoms with Gasteiger partial charge in [-0.2, -0.15) is 0 Å². The fraction of sp³-hybridized carbons (Fsp3) is 0.211. The van der Waals surface area contributed by atoms with Crippen molar-refractivity contribution in [2.75, 3.05) is 11.9 Å². The van der Waals surface area contributed by atoms with E-state index in [-0.39, 0.29) is 17.4 Å². The van der Waals surface area contributed by atoms with E-state index in [1.54, 1.807) is 38.1 Å². The average molecular weight is 357 g/mol. The maximum Gasteiger partial charge on any atom is 0.342 e. The second kappa shape index (κ2) is 8.66. The quantitative estimate of drug-likeness (QED) is 0.771. The van der Waals surface area contributed by atoms with Gasteiger partial charge in [0.05, 0.1) is 11.7 Å². The Hall–Kier alpha value is -3.35. The molecular weight excluding hydrogens is 338 g/mol. The predicted molar refractivity (Wildman–Crippen MR) is 94.0 cm³/mol. The van der Waals surface area contributed by atoms with E-state index in [1.165, 1.54) is 24.3 Å². The number of ether oxygens (including phenoxy) is 2. The van der Waals surface area contributed by atoms with Crippen LogP contribution in [-0.2, 0) is 14.3 Å². The third kappa shape index (κ3) is 5.34. The van der Waals surface area contributed by atoms with E-state index in [2.05, 4.69) is 5.32 Å². The molecule has 0 unspecified atom stereocenters. The minimum atomic E-state index is -0.801. The van der Waals surface area contributed by atoms with Crippen LogP contribution in [-0.4, -0.2) is 35.7 Å². The Morgan fingerprint density at radius 1 is 1.00 bits per heavy atom. The van der Waals surface area contributed by atoms with Crippen LogP contribution in [0.15, 0.2) is 48.5 Å². The lowest BCUT2D eigenvalue weighted by atomic mass is 10.2. The zero-order valence-electron chi connectivity index (χ0n) is 14.4. The molecule has 26 heavy (non-hydrogen) atoms. The fourth-order valence-corrected chi connectivity index (χ4v) is 2.02. The first-order valence-electron chi connectivity index (χ1n) is 7.93. The number of rotatable bonds is 6. The standard InChI is InChI=1S/C19H19NO6/c1-12(2)26-18(23)13-7-9-14(10-8-13)20-17(22)11-25-19(24)15-5-3-4-6-16(15)21/h3-10,12,21H,11H2,1-2H3,(H,20,22). The monoisotopic (exact) mass is 357 g/mol. The molecule has 0 aromatic heterocycles. The maximum absolute atomic E-state index is 11.9. The van der Waals surface area contributed by atoms with Crippen molar-refractivity contribution >= 4 is 23.5 Å². The highest BCUT2D eigenvalue weighted by atomic mass is 16.5. The van der Waals surface area contributed by atoms with E-state index in [1.807, 2.05) is 0 Å². The molecular formula is C19H19NO6. The largest absolute Gasteiger partial charge is 0.507 e. The van der Waals surface area contributed by atoms with Crippen molar-refractivity contribution in [3.8, 4) is 5.75 Å². The maximum atomic E-state index is 11.9. The third-order valence-electron chi connectivity index (χ3n) is 3.21. The van der Waals surface area contributed by atoms with Crippen LogP contribution < -0.4 is 5.32 Å². The lowest BCUT2D eigenvalue weighted by Crippen LogP contribution is -2.21. The zero-order chi connectivity index (χ0) is 19.1. The molecule has 0 aliphatic rings. The van der Waals surface area contributed by atoms with Crippen LogP contribution in [0, 0.1) is 0 Å². The molecule has 0 radical (unpaired) electrons. The molecule has 0 heterocycles. The number of anilines is 1. The van der Waals surface area contributed by atoms with Crippen LogP contribution in [0.2, 0.25) is 0 Å². The van der Waals surface area contributed by atoms with Crippen LogP contribution in [0.5, 0.6) is 5.75 Å².